The van der Waals surface area contributed by atoms with E-state index in [0.717, 1.165) is 23.7 Å². The summed E-state index contributed by atoms with van der Waals surface area (Å²) >= 11 is 2.32. The molecule has 0 saturated heterocycles. The van der Waals surface area contributed by atoms with Crippen LogP contribution in [0.3, 0.4) is 0 Å². The fourth-order valence-corrected chi connectivity index (χ4v) is 1.95. The van der Waals surface area contributed by atoms with Crippen molar-refractivity contribution in [3.8, 4) is 11.5 Å². The van der Waals surface area contributed by atoms with E-state index in [1.807, 2.05) is 0 Å². The largest absolute Gasteiger partial charge is 0.504 e. The van der Waals surface area contributed by atoms with Gasteiger partial charge in [0.2, 0.25) is 0 Å². The number of amides is 1. The molecule has 0 radical (unpaired) electrons. The van der Waals surface area contributed by atoms with E-state index in [-0.39, 0.29) is 23.0 Å². The number of carbonyl (C=O) groups excluding carboxylic acids is 1. The van der Waals surface area contributed by atoms with Crippen molar-refractivity contribution in [3.05, 3.63) is 23.8 Å². The van der Waals surface area contributed by atoms with Crippen LogP contribution >= 0.6 is 22.6 Å². The fraction of sp³-hybridized carbons (Fsp3) is 0.417. The number of para-hydroxylation sites is 1. The molecule has 0 saturated carbocycles. The molecule has 0 aliphatic rings. The van der Waals surface area contributed by atoms with Crippen LogP contribution in [-0.2, 0) is 0 Å². The van der Waals surface area contributed by atoms with Gasteiger partial charge in [-0.2, -0.15) is 0 Å². The van der Waals surface area contributed by atoms with Crippen LogP contribution < -0.4 is 5.32 Å². The van der Waals surface area contributed by atoms with Gasteiger partial charge in [0.15, 0.2) is 11.5 Å². The molecule has 0 atom stereocenters. The van der Waals surface area contributed by atoms with E-state index < -0.39 is 0 Å². The maximum absolute atomic E-state index is 11.7. The average molecular weight is 349 g/mol. The van der Waals surface area contributed by atoms with Gasteiger partial charge in [0.05, 0.1) is 5.56 Å². The lowest BCUT2D eigenvalue weighted by Crippen LogP contribution is -2.24. The van der Waals surface area contributed by atoms with Gasteiger partial charge < -0.3 is 15.5 Å². The quantitative estimate of drug-likeness (QED) is 0.320. The molecule has 0 aromatic heterocycles. The van der Waals surface area contributed by atoms with Crippen molar-refractivity contribution in [3.63, 3.8) is 0 Å². The van der Waals surface area contributed by atoms with E-state index in [9.17, 15) is 15.0 Å². The Balaban J connectivity index is 2.44. The number of benzene rings is 1. The van der Waals surface area contributed by atoms with Crippen molar-refractivity contribution >= 4 is 28.5 Å². The summed E-state index contributed by atoms with van der Waals surface area (Å²) in [4.78, 5) is 11.7. The molecule has 1 rings (SSSR count). The van der Waals surface area contributed by atoms with Gasteiger partial charge in [-0.15, -0.1) is 0 Å². The predicted molar refractivity (Wildman–Crippen MR) is 74.8 cm³/mol. The Hall–Kier alpha value is -0.980. The summed E-state index contributed by atoms with van der Waals surface area (Å²) < 4.78 is 1.12. The van der Waals surface area contributed by atoms with Crippen LogP contribution in [0.2, 0.25) is 0 Å². The minimum absolute atomic E-state index is 0.110. The van der Waals surface area contributed by atoms with E-state index in [0.29, 0.717) is 6.54 Å². The van der Waals surface area contributed by atoms with Gasteiger partial charge in [-0.05, 0) is 29.4 Å². The van der Waals surface area contributed by atoms with Gasteiger partial charge in [-0.25, -0.2) is 0 Å². The molecule has 4 nitrogen and oxygen atoms in total. The first-order valence-electron chi connectivity index (χ1n) is 5.52. The lowest BCUT2D eigenvalue weighted by atomic mass is 10.1. The second-order valence-electron chi connectivity index (χ2n) is 3.68. The third-order valence-electron chi connectivity index (χ3n) is 2.36. The number of aromatic hydroxyl groups is 2. The van der Waals surface area contributed by atoms with Crippen LogP contribution in [0.5, 0.6) is 11.5 Å². The second-order valence-corrected chi connectivity index (χ2v) is 4.76. The highest BCUT2D eigenvalue weighted by molar-refractivity contribution is 14.1. The Bertz CT molecular complexity index is 382. The van der Waals surface area contributed by atoms with E-state index in [1.165, 1.54) is 18.2 Å². The number of phenolic OH excluding ortho intramolecular Hbond substituents is 2. The molecule has 5 heteroatoms. The highest BCUT2D eigenvalue weighted by Gasteiger charge is 2.12. The highest BCUT2D eigenvalue weighted by atomic mass is 127. The van der Waals surface area contributed by atoms with Crippen molar-refractivity contribution in [2.24, 2.45) is 0 Å². The summed E-state index contributed by atoms with van der Waals surface area (Å²) in [7, 11) is 0. The Labute approximate surface area is 114 Å². The minimum Gasteiger partial charge on any atom is -0.504 e. The topological polar surface area (TPSA) is 69.6 Å². The summed E-state index contributed by atoms with van der Waals surface area (Å²) in [5, 5.41) is 21.5. The maximum atomic E-state index is 11.7. The molecule has 3 N–H and O–H groups in total. The third-order valence-corrected chi connectivity index (χ3v) is 3.12. The number of alkyl halides is 1. The molecule has 1 aromatic rings. The highest BCUT2D eigenvalue weighted by Crippen LogP contribution is 2.27. The molecule has 0 heterocycles. The molecule has 0 aliphatic heterocycles. The summed E-state index contributed by atoms with van der Waals surface area (Å²) in [5.74, 6) is -0.993. The maximum Gasteiger partial charge on any atom is 0.255 e. The van der Waals surface area contributed by atoms with Crippen LogP contribution in [0, 0.1) is 0 Å². The van der Waals surface area contributed by atoms with Crippen molar-refractivity contribution in [2.45, 2.75) is 19.3 Å². The first-order valence-corrected chi connectivity index (χ1v) is 7.04. The first-order chi connectivity index (χ1) is 8.16. The van der Waals surface area contributed by atoms with Crippen molar-refractivity contribution < 1.29 is 15.0 Å². The summed E-state index contributed by atoms with van der Waals surface area (Å²) in [6.07, 6.45) is 3.15. The minimum atomic E-state index is -0.364. The van der Waals surface area contributed by atoms with Gasteiger partial charge in [-0.3, -0.25) is 4.79 Å². The number of carbonyl (C=O) groups is 1. The number of hydrogen-bond acceptors (Lipinski definition) is 3. The third kappa shape index (κ3) is 4.41. The van der Waals surface area contributed by atoms with Gasteiger partial charge in [0, 0.05) is 6.54 Å². The standard InChI is InChI=1S/C12H16INO3/c13-7-2-1-3-8-14-12(17)9-5-4-6-10(15)11(9)16/h4-6,15-16H,1-3,7-8H2,(H,14,17). The van der Waals surface area contributed by atoms with E-state index >= 15 is 0 Å². The normalized spacial score (nSPS) is 10.2. The molecule has 0 spiro atoms. The van der Waals surface area contributed by atoms with Crippen LogP contribution in [0.4, 0.5) is 0 Å². The summed E-state index contributed by atoms with van der Waals surface area (Å²) in [5.41, 5.74) is 0.110. The SMILES string of the molecule is O=C(NCCCCCI)c1cccc(O)c1O. The zero-order valence-electron chi connectivity index (χ0n) is 9.45. The smallest absolute Gasteiger partial charge is 0.255 e. The number of phenols is 2. The molecule has 94 valence electrons. The summed E-state index contributed by atoms with van der Waals surface area (Å²) in [6, 6.07) is 4.35. The van der Waals surface area contributed by atoms with E-state index in [1.54, 1.807) is 0 Å². The molecular formula is C12H16INO3. The first kappa shape index (κ1) is 14.1. The predicted octanol–water partition coefficient (Wildman–Crippen LogP) is 2.43. The Morgan fingerprint density at radius 3 is 2.71 bits per heavy atom. The van der Waals surface area contributed by atoms with Gasteiger partial charge in [0.25, 0.3) is 5.91 Å². The number of nitrogens with one attached hydrogen (secondary N) is 1. The molecule has 0 fully saturated rings. The lowest BCUT2D eigenvalue weighted by molar-refractivity contribution is 0.0949. The van der Waals surface area contributed by atoms with Crippen LogP contribution in [-0.4, -0.2) is 27.1 Å². The molecular weight excluding hydrogens is 333 g/mol. The zero-order chi connectivity index (χ0) is 12.7. The fourth-order valence-electron chi connectivity index (χ4n) is 1.41. The van der Waals surface area contributed by atoms with E-state index in [2.05, 4.69) is 27.9 Å². The molecule has 0 bridgehead atoms. The van der Waals surface area contributed by atoms with Crippen LogP contribution in [0.25, 0.3) is 0 Å². The number of halogens is 1. The average Bonchev–Trinajstić information content (AvgIpc) is 2.32. The summed E-state index contributed by atoms with van der Waals surface area (Å²) in [6.45, 7) is 0.588. The Kier molecular flexibility index (Phi) is 6.10. The van der Waals surface area contributed by atoms with E-state index in [4.69, 9.17) is 0 Å². The second kappa shape index (κ2) is 7.37. The van der Waals surface area contributed by atoms with Gasteiger partial charge in [0.1, 0.15) is 0 Å². The molecule has 0 unspecified atom stereocenters. The Morgan fingerprint density at radius 1 is 1.24 bits per heavy atom. The van der Waals surface area contributed by atoms with Crippen LogP contribution in [0.1, 0.15) is 29.6 Å². The van der Waals surface area contributed by atoms with Gasteiger partial charge in [-0.1, -0.05) is 35.1 Å². The number of unbranched alkanes of at least 4 members (excludes halogenated alkanes) is 2. The Morgan fingerprint density at radius 2 is 2.00 bits per heavy atom. The zero-order valence-corrected chi connectivity index (χ0v) is 11.6. The lowest BCUT2D eigenvalue weighted by Gasteiger charge is -2.07. The molecule has 1 amide bonds. The van der Waals surface area contributed by atoms with Crippen molar-refractivity contribution in [2.75, 3.05) is 11.0 Å². The van der Waals surface area contributed by atoms with Gasteiger partial charge >= 0.3 is 0 Å². The molecule has 1 aromatic carbocycles. The number of hydrogen-bond donors (Lipinski definition) is 3. The molecule has 0 aliphatic carbocycles. The van der Waals surface area contributed by atoms with Crippen molar-refractivity contribution in [1.82, 2.24) is 5.32 Å². The molecule has 17 heavy (non-hydrogen) atoms. The monoisotopic (exact) mass is 349 g/mol. The number of rotatable bonds is 6. The van der Waals surface area contributed by atoms with Crippen LogP contribution in [0.15, 0.2) is 18.2 Å². The van der Waals surface area contributed by atoms with Crippen molar-refractivity contribution in [1.29, 1.82) is 0 Å².